The highest BCUT2D eigenvalue weighted by atomic mass is 35.5. The summed E-state index contributed by atoms with van der Waals surface area (Å²) < 4.78 is 5.88. The molecule has 1 saturated heterocycles. The van der Waals surface area contributed by atoms with Crippen LogP contribution in [0.2, 0.25) is 0 Å². The van der Waals surface area contributed by atoms with Gasteiger partial charge in [0.2, 0.25) is 5.91 Å². The van der Waals surface area contributed by atoms with Gasteiger partial charge in [0.25, 0.3) is 5.69 Å². The number of aliphatic hydroxyl groups excluding tert-OH is 1. The molecule has 3 rings (SSSR count). The Hall–Kier alpha value is -1.90. The molecule has 0 unspecified atom stereocenters. The molecule has 9 heteroatoms. The van der Waals surface area contributed by atoms with Gasteiger partial charge in [-0.15, -0.1) is 12.4 Å². The molecule has 2 aliphatic heterocycles. The zero-order valence-electron chi connectivity index (χ0n) is 15.0. The second kappa shape index (κ2) is 7.38. The second-order valence-corrected chi connectivity index (χ2v) is 7.18. The molecule has 144 valence electrons. The number of ether oxygens (including phenoxy) is 1. The molecule has 26 heavy (non-hydrogen) atoms. The van der Waals surface area contributed by atoms with E-state index in [-0.39, 0.29) is 29.8 Å². The van der Waals surface area contributed by atoms with E-state index in [1.54, 1.807) is 19.9 Å². The maximum Gasteiger partial charge on any atom is 0.296 e. The minimum Gasteiger partial charge on any atom is -0.484 e. The van der Waals surface area contributed by atoms with Crippen LogP contribution in [0, 0.1) is 10.1 Å². The molecule has 0 spiro atoms. The quantitative estimate of drug-likeness (QED) is 0.612. The largest absolute Gasteiger partial charge is 0.484 e. The monoisotopic (exact) mass is 385 g/mol. The summed E-state index contributed by atoms with van der Waals surface area (Å²) in [6.45, 7) is 6.55. The van der Waals surface area contributed by atoms with Crippen molar-refractivity contribution < 1.29 is 19.6 Å². The first-order valence-electron chi connectivity index (χ1n) is 8.42. The fraction of sp³-hybridized carbons (Fsp3) is 0.588. The molecule has 2 N–H and O–H groups in total. The number of hydrogen-bond donors (Lipinski definition) is 2. The molecular weight excluding hydrogens is 362 g/mol. The first-order chi connectivity index (χ1) is 11.7. The molecular formula is C17H24ClN3O5. The highest BCUT2D eigenvalue weighted by Gasteiger charge is 2.46. The molecule has 8 nitrogen and oxygen atoms in total. The number of anilines is 1. The van der Waals surface area contributed by atoms with Crippen LogP contribution in [0.15, 0.2) is 12.1 Å². The first kappa shape index (κ1) is 20.4. The minimum absolute atomic E-state index is 0. The Bertz CT molecular complexity index is 719. The van der Waals surface area contributed by atoms with Crippen molar-refractivity contribution in [2.45, 2.75) is 51.4 Å². The molecule has 1 aromatic rings. The number of halogens is 1. The third-order valence-electron chi connectivity index (χ3n) is 4.87. The normalized spacial score (nSPS) is 24.2. The molecule has 2 atom stereocenters. The van der Waals surface area contributed by atoms with Crippen LogP contribution in [-0.4, -0.2) is 45.6 Å². The summed E-state index contributed by atoms with van der Waals surface area (Å²) in [6.07, 6.45) is 1.31. The van der Waals surface area contributed by atoms with E-state index < -0.39 is 22.5 Å². The van der Waals surface area contributed by atoms with Crippen LogP contribution in [0.5, 0.6) is 5.75 Å². The van der Waals surface area contributed by atoms with Gasteiger partial charge in [-0.25, -0.2) is 0 Å². The van der Waals surface area contributed by atoms with Gasteiger partial charge in [0.15, 0.2) is 0 Å². The molecule has 0 aromatic heterocycles. The molecule has 1 amide bonds. The lowest BCUT2D eigenvalue weighted by Gasteiger charge is -2.45. The smallest absolute Gasteiger partial charge is 0.296 e. The van der Waals surface area contributed by atoms with E-state index in [1.807, 2.05) is 0 Å². The number of nitro groups is 1. The molecule has 0 saturated carbocycles. The van der Waals surface area contributed by atoms with Gasteiger partial charge in [-0.3, -0.25) is 19.8 Å². The van der Waals surface area contributed by atoms with Gasteiger partial charge < -0.3 is 15.2 Å². The number of nitrogens with one attached hydrogen (secondary N) is 1. The minimum atomic E-state index is -0.871. The molecule has 2 heterocycles. The molecule has 0 aliphatic carbocycles. The third-order valence-corrected chi connectivity index (χ3v) is 4.87. The van der Waals surface area contributed by atoms with Gasteiger partial charge in [0, 0.05) is 12.5 Å². The Morgan fingerprint density at radius 3 is 2.54 bits per heavy atom. The van der Waals surface area contributed by atoms with E-state index in [0.29, 0.717) is 11.3 Å². The van der Waals surface area contributed by atoms with Gasteiger partial charge >= 0.3 is 0 Å². The van der Waals surface area contributed by atoms with E-state index in [0.717, 1.165) is 25.9 Å². The van der Waals surface area contributed by atoms with Crippen LogP contribution in [-0.2, 0) is 4.79 Å². The SMILES string of the molecule is CC(=O)Nc1cc2c(cc1[N+](=O)[O-])OC(C)(C)[C@H](O)[C@H]2N1CCCC1.Cl. The Balaban J connectivity index is 0.00000243. The Kier molecular flexibility index (Phi) is 5.79. The van der Waals surface area contributed by atoms with E-state index >= 15 is 0 Å². The number of carbonyl (C=O) groups excluding carboxylic acids is 1. The van der Waals surface area contributed by atoms with Crippen molar-refractivity contribution in [3.8, 4) is 5.75 Å². The number of nitrogens with zero attached hydrogens (tertiary/aromatic N) is 2. The maximum absolute atomic E-state index is 11.4. The highest BCUT2D eigenvalue weighted by Crippen LogP contribution is 2.47. The summed E-state index contributed by atoms with van der Waals surface area (Å²) in [5.74, 6) is -0.00798. The number of likely N-dealkylation sites (tertiary alicyclic amines) is 1. The van der Waals surface area contributed by atoms with Gasteiger partial charge in [0.05, 0.1) is 17.0 Å². The van der Waals surface area contributed by atoms with E-state index in [2.05, 4.69) is 10.2 Å². The Labute approximate surface area is 158 Å². The van der Waals surface area contributed by atoms with E-state index in [1.165, 1.54) is 13.0 Å². The number of rotatable bonds is 3. The third kappa shape index (κ3) is 3.62. The van der Waals surface area contributed by atoms with Crippen molar-refractivity contribution in [3.63, 3.8) is 0 Å². The Morgan fingerprint density at radius 1 is 1.38 bits per heavy atom. The highest BCUT2D eigenvalue weighted by molar-refractivity contribution is 5.91. The lowest BCUT2D eigenvalue weighted by molar-refractivity contribution is -0.384. The molecule has 0 radical (unpaired) electrons. The zero-order valence-corrected chi connectivity index (χ0v) is 15.8. The van der Waals surface area contributed by atoms with Gasteiger partial charge in [0.1, 0.15) is 23.1 Å². The number of carbonyl (C=O) groups is 1. The van der Waals surface area contributed by atoms with Gasteiger partial charge in [-0.05, 0) is 45.8 Å². The summed E-state index contributed by atoms with van der Waals surface area (Å²) in [6, 6.07) is 2.59. The van der Waals surface area contributed by atoms with Crippen molar-refractivity contribution in [1.29, 1.82) is 0 Å². The van der Waals surface area contributed by atoms with Crippen LogP contribution in [0.3, 0.4) is 0 Å². The summed E-state index contributed by atoms with van der Waals surface area (Å²) in [5, 5.41) is 24.8. The number of amides is 1. The average molecular weight is 386 g/mol. The van der Waals surface area contributed by atoms with Crippen molar-refractivity contribution in [2.24, 2.45) is 0 Å². The van der Waals surface area contributed by atoms with Crippen LogP contribution in [0.25, 0.3) is 0 Å². The average Bonchev–Trinajstić information content (AvgIpc) is 3.01. The topological polar surface area (TPSA) is 105 Å². The van der Waals surface area contributed by atoms with Crippen molar-refractivity contribution >= 4 is 29.7 Å². The van der Waals surface area contributed by atoms with Crippen LogP contribution in [0.1, 0.15) is 45.2 Å². The number of benzene rings is 1. The standard InChI is InChI=1S/C17H23N3O5.ClH/c1-10(21)18-12-8-11-14(9-13(12)20(23)24)25-17(2,3)16(22)15(11)19-6-4-5-7-19;/h8-9,15-16,22H,4-7H2,1-3H3,(H,18,21);1H/t15-,16+;/m0./s1. The van der Waals surface area contributed by atoms with Crippen LogP contribution in [0.4, 0.5) is 11.4 Å². The Morgan fingerprint density at radius 2 is 2.00 bits per heavy atom. The molecule has 1 aromatic carbocycles. The number of hydrogen-bond acceptors (Lipinski definition) is 6. The van der Waals surface area contributed by atoms with Crippen molar-refractivity contribution in [3.05, 3.63) is 27.8 Å². The predicted octanol–water partition coefficient (Wildman–Crippen LogP) is 2.64. The fourth-order valence-electron chi connectivity index (χ4n) is 3.66. The molecule has 0 bridgehead atoms. The van der Waals surface area contributed by atoms with Crippen LogP contribution >= 0.6 is 12.4 Å². The maximum atomic E-state index is 11.4. The van der Waals surface area contributed by atoms with Crippen LogP contribution < -0.4 is 10.1 Å². The summed E-state index contributed by atoms with van der Waals surface area (Å²) in [7, 11) is 0. The van der Waals surface area contributed by atoms with Gasteiger partial charge in [-0.2, -0.15) is 0 Å². The van der Waals surface area contributed by atoms with E-state index in [9.17, 15) is 20.0 Å². The molecule has 1 fully saturated rings. The lowest BCUT2D eigenvalue weighted by atomic mass is 9.85. The summed E-state index contributed by atoms with van der Waals surface area (Å²) in [4.78, 5) is 24.5. The summed E-state index contributed by atoms with van der Waals surface area (Å²) in [5.41, 5.74) is -0.302. The fourth-order valence-corrected chi connectivity index (χ4v) is 3.66. The summed E-state index contributed by atoms with van der Waals surface area (Å²) >= 11 is 0. The van der Waals surface area contributed by atoms with Crippen molar-refractivity contribution in [1.82, 2.24) is 4.90 Å². The lowest BCUT2D eigenvalue weighted by Crippen LogP contribution is -2.53. The first-order valence-corrected chi connectivity index (χ1v) is 8.42. The number of aliphatic hydroxyl groups is 1. The second-order valence-electron chi connectivity index (χ2n) is 7.18. The predicted molar refractivity (Wildman–Crippen MR) is 98.9 cm³/mol. The zero-order chi connectivity index (χ0) is 18.4. The van der Waals surface area contributed by atoms with Crippen molar-refractivity contribution in [2.75, 3.05) is 18.4 Å². The van der Waals surface area contributed by atoms with Gasteiger partial charge in [-0.1, -0.05) is 0 Å². The number of fused-ring (bicyclic) bond motifs is 1. The number of nitro benzene ring substituents is 1. The van der Waals surface area contributed by atoms with E-state index in [4.69, 9.17) is 4.74 Å². The molecule has 2 aliphatic rings.